The molecule has 0 aromatic heterocycles. The van der Waals surface area contributed by atoms with Gasteiger partial charge >= 0.3 is 5.97 Å². The number of methoxy groups -OCH3 is 1. The monoisotopic (exact) mass is 453 g/mol. The molecule has 1 unspecified atom stereocenters. The average Bonchev–Trinajstić information content (AvgIpc) is 3.51. The summed E-state index contributed by atoms with van der Waals surface area (Å²) in [5.74, 6) is -0.556. The maximum Gasteiger partial charge on any atom is 0.327 e. The number of ether oxygens (including phenoxy) is 1. The highest BCUT2D eigenvalue weighted by Crippen LogP contribution is 2.49. The molecule has 1 rings (SSSR count). The lowest BCUT2D eigenvalue weighted by atomic mass is 10.1. The van der Waals surface area contributed by atoms with Crippen LogP contribution in [0.5, 0.6) is 0 Å². The van der Waals surface area contributed by atoms with Gasteiger partial charge in [0.15, 0.2) is 6.29 Å². The molecule has 176 valence electrons. The quantitative estimate of drug-likeness (QED) is 0.193. The van der Waals surface area contributed by atoms with Crippen LogP contribution in [0.2, 0.25) is 0 Å². The third kappa shape index (κ3) is 10.1. The SMILES string of the molecule is COC(O)C1(C(=O)N[C@@H](CSC/C=C(\C)CC/C=C(\C)CCC=C(C)C)C(=O)O)CC1. The number of carboxylic acids is 1. The molecule has 0 aromatic rings. The van der Waals surface area contributed by atoms with E-state index in [2.05, 4.69) is 51.2 Å². The number of aliphatic carboxylic acids is 1. The van der Waals surface area contributed by atoms with Crippen LogP contribution < -0.4 is 5.32 Å². The fraction of sp³-hybridized carbons (Fsp3) is 0.667. The van der Waals surface area contributed by atoms with E-state index in [1.54, 1.807) is 0 Å². The van der Waals surface area contributed by atoms with Crippen molar-refractivity contribution >= 4 is 23.6 Å². The summed E-state index contributed by atoms with van der Waals surface area (Å²) in [5.41, 5.74) is 3.04. The van der Waals surface area contributed by atoms with Gasteiger partial charge in [-0.05, 0) is 66.2 Å². The van der Waals surface area contributed by atoms with Gasteiger partial charge < -0.3 is 20.3 Å². The van der Waals surface area contributed by atoms with Crippen molar-refractivity contribution < 1.29 is 24.5 Å². The van der Waals surface area contributed by atoms with Crippen molar-refractivity contribution in [3.63, 3.8) is 0 Å². The number of carbonyl (C=O) groups excluding carboxylic acids is 1. The minimum absolute atomic E-state index is 0.271. The zero-order chi connectivity index (χ0) is 23.4. The zero-order valence-electron chi connectivity index (χ0n) is 19.6. The molecule has 0 bridgehead atoms. The van der Waals surface area contributed by atoms with Gasteiger partial charge in [0.2, 0.25) is 5.91 Å². The van der Waals surface area contributed by atoms with Crippen molar-refractivity contribution in [3.05, 3.63) is 34.9 Å². The maximum absolute atomic E-state index is 12.4. The van der Waals surface area contributed by atoms with E-state index in [1.807, 2.05) is 0 Å². The van der Waals surface area contributed by atoms with Crippen molar-refractivity contribution in [2.45, 2.75) is 78.6 Å². The van der Waals surface area contributed by atoms with Crippen LogP contribution in [0.4, 0.5) is 0 Å². The first kappa shape index (κ1) is 27.5. The number of nitrogens with one attached hydrogen (secondary N) is 1. The van der Waals surface area contributed by atoms with Crippen LogP contribution in [0.3, 0.4) is 0 Å². The molecule has 1 fully saturated rings. The number of aliphatic hydroxyl groups excluding tert-OH is 1. The molecule has 0 aromatic carbocycles. The molecule has 0 saturated heterocycles. The topological polar surface area (TPSA) is 95.9 Å². The van der Waals surface area contributed by atoms with Crippen molar-refractivity contribution in [2.24, 2.45) is 5.41 Å². The number of hydrogen-bond donors (Lipinski definition) is 3. The Kier molecular flexibility index (Phi) is 12.2. The largest absolute Gasteiger partial charge is 0.480 e. The van der Waals surface area contributed by atoms with Gasteiger partial charge in [-0.1, -0.05) is 34.9 Å². The second kappa shape index (κ2) is 13.8. The first-order valence-electron chi connectivity index (χ1n) is 10.9. The minimum atomic E-state index is -1.20. The Labute approximate surface area is 191 Å². The van der Waals surface area contributed by atoms with Crippen molar-refractivity contribution in [1.29, 1.82) is 0 Å². The molecule has 2 atom stereocenters. The average molecular weight is 454 g/mol. The van der Waals surface area contributed by atoms with E-state index in [0.717, 1.165) is 25.7 Å². The molecular weight excluding hydrogens is 414 g/mol. The fourth-order valence-corrected chi connectivity index (χ4v) is 4.15. The molecule has 0 heterocycles. The van der Waals surface area contributed by atoms with Crippen molar-refractivity contribution in [3.8, 4) is 0 Å². The highest BCUT2D eigenvalue weighted by atomic mass is 32.2. The third-order valence-corrected chi connectivity index (χ3v) is 6.47. The van der Waals surface area contributed by atoms with Crippen LogP contribution in [0.15, 0.2) is 34.9 Å². The summed E-state index contributed by atoms with van der Waals surface area (Å²) in [7, 11) is 1.33. The maximum atomic E-state index is 12.4. The van der Waals surface area contributed by atoms with Crippen LogP contribution >= 0.6 is 11.8 Å². The Balaban J connectivity index is 2.37. The Hall–Kier alpha value is -1.57. The normalized spacial score (nSPS) is 17.6. The highest BCUT2D eigenvalue weighted by Gasteiger charge is 2.56. The van der Waals surface area contributed by atoms with Crippen LogP contribution in [0, 0.1) is 5.41 Å². The van der Waals surface area contributed by atoms with E-state index in [-0.39, 0.29) is 5.75 Å². The predicted molar refractivity (Wildman–Crippen MR) is 127 cm³/mol. The first-order valence-corrected chi connectivity index (χ1v) is 12.0. The summed E-state index contributed by atoms with van der Waals surface area (Å²) in [5, 5.41) is 21.9. The molecule has 6 nitrogen and oxygen atoms in total. The van der Waals surface area contributed by atoms with Crippen LogP contribution in [-0.2, 0) is 14.3 Å². The van der Waals surface area contributed by atoms with Gasteiger partial charge in [-0.25, -0.2) is 4.79 Å². The summed E-state index contributed by atoms with van der Waals surface area (Å²) in [6, 6.07) is -0.987. The summed E-state index contributed by atoms with van der Waals surface area (Å²) >= 11 is 1.47. The second-order valence-electron chi connectivity index (χ2n) is 8.61. The first-order chi connectivity index (χ1) is 14.6. The van der Waals surface area contributed by atoms with Gasteiger partial charge in [-0.2, -0.15) is 11.8 Å². The van der Waals surface area contributed by atoms with Crippen LogP contribution in [-0.4, -0.2) is 53.0 Å². The molecule has 31 heavy (non-hydrogen) atoms. The second-order valence-corrected chi connectivity index (χ2v) is 9.68. The van der Waals surface area contributed by atoms with E-state index in [0.29, 0.717) is 18.6 Å². The van der Waals surface area contributed by atoms with Crippen molar-refractivity contribution in [1.82, 2.24) is 5.32 Å². The van der Waals surface area contributed by atoms with Crippen LogP contribution in [0.25, 0.3) is 0 Å². The molecule has 1 saturated carbocycles. The molecule has 0 radical (unpaired) electrons. The number of thioether (sulfide) groups is 1. The Morgan fingerprint density at radius 3 is 2.16 bits per heavy atom. The summed E-state index contributed by atoms with van der Waals surface area (Å²) in [6.07, 6.45) is 10.6. The third-order valence-electron chi connectivity index (χ3n) is 5.50. The fourth-order valence-electron chi connectivity index (χ4n) is 3.15. The Morgan fingerprint density at radius 2 is 1.65 bits per heavy atom. The molecule has 7 heteroatoms. The van der Waals surface area contributed by atoms with Crippen LogP contribution in [0.1, 0.15) is 66.2 Å². The lowest BCUT2D eigenvalue weighted by Crippen LogP contribution is -2.49. The molecule has 0 aliphatic heterocycles. The highest BCUT2D eigenvalue weighted by molar-refractivity contribution is 7.99. The number of aliphatic hydroxyl groups is 1. The van der Waals surface area contributed by atoms with Gasteiger partial charge in [0.05, 0.1) is 5.41 Å². The zero-order valence-corrected chi connectivity index (χ0v) is 20.4. The minimum Gasteiger partial charge on any atom is -0.480 e. The van der Waals surface area contributed by atoms with E-state index < -0.39 is 29.6 Å². The van der Waals surface area contributed by atoms with E-state index in [9.17, 15) is 19.8 Å². The predicted octanol–water partition coefficient (Wildman–Crippen LogP) is 4.45. The van der Waals surface area contributed by atoms with E-state index in [4.69, 9.17) is 4.74 Å². The van der Waals surface area contributed by atoms with Gasteiger partial charge in [0, 0.05) is 18.6 Å². The number of hydrogen-bond acceptors (Lipinski definition) is 5. The van der Waals surface area contributed by atoms with E-state index in [1.165, 1.54) is 35.6 Å². The summed E-state index contributed by atoms with van der Waals surface area (Å²) in [4.78, 5) is 23.9. The standard InChI is InChI=1S/C24H39NO5S/c1-17(2)8-6-9-18(3)10-7-11-19(4)12-15-31-16-20(21(26)27)25-22(28)24(13-14-24)23(29)30-5/h8,10,12,20,23,29H,6-7,9,11,13-16H2,1-5H3,(H,25,28)(H,26,27)/b18-10+,19-12+/t20-,23?/m0/s1. The lowest BCUT2D eigenvalue weighted by molar-refractivity contribution is -0.157. The lowest BCUT2D eigenvalue weighted by Gasteiger charge is -2.22. The number of rotatable bonds is 15. The molecule has 3 N–H and O–H groups in total. The molecule has 1 amide bonds. The summed E-state index contributed by atoms with van der Waals surface area (Å²) < 4.78 is 4.87. The summed E-state index contributed by atoms with van der Waals surface area (Å²) in [6.45, 7) is 8.50. The molecule has 0 spiro atoms. The van der Waals surface area contributed by atoms with Gasteiger partial charge in [-0.15, -0.1) is 0 Å². The smallest absolute Gasteiger partial charge is 0.327 e. The molecule has 1 aliphatic rings. The Bertz CT molecular complexity index is 690. The number of carbonyl (C=O) groups is 2. The molecular formula is C24H39NO5S. The van der Waals surface area contributed by atoms with Crippen molar-refractivity contribution in [2.75, 3.05) is 18.6 Å². The van der Waals surface area contributed by atoms with E-state index >= 15 is 0 Å². The van der Waals surface area contributed by atoms with Gasteiger partial charge in [0.1, 0.15) is 6.04 Å². The molecule has 1 aliphatic carbocycles. The number of allylic oxidation sites excluding steroid dienone is 5. The van der Waals surface area contributed by atoms with Gasteiger partial charge in [-0.3, -0.25) is 4.79 Å². The number of carboxylic acid groups (broad SMARTS) is 1. The number of amides is 1. The Morgan fingerprint density at radius 1 is 1.06 bits per heavy atom. The van der Waals surface area contributed by atoms with Gasteiger partial charge in [0.25, 0.3) is 0 Å².